The summed E-state index contributed by atoms with van der Waals surface area (Å²) in [4.78, 5) is 45.1. The normalized spacial score (nSPS) is 20.2. The monoisotopic (exact) mass is 497 g/mol. The first-order chi connectivity index (χ1) is 16.6. The number of nitrogens with one attached hydrogen (secondary N) is 1. The van der Waals surface area contributed by atoms with Crippen LogP contribution >= 0.6 is 11.3 Å². The van der Waals surface area contributed by atoms with E-state index < -0.39 is 17.9 Å². The van der Waals surface area contributed by atoms with E-state index in [1.54, 1.807) is 24.4 Å². The molecule has 1 saturated heterocycles. The van der Waals surface area contributed by atoms with Crippen LogP contribution < -0.4 is 5.32 Å². The van der Waals surface area contributed by atoms with Gasteiger partial charge in [-0.05, 0) is 36.2 Å². The van der Waals surface area contributed by atoms with E-state index in [2.05, 4.69) is 38.0 Å². The van der Waals surface area contributed by atoms with Crippen molar-refractivity contribution in [1.82, 2.24) is 15.2 Å². The zero-order valence-corrected chi connectivity index (χ0v) is 22.0. The van der Waals surface area contributed by atoms with E-state index in [0.29, 0.717) is 24.3 Å². The second-order valence-electron chi connectivity index (χ2n) is 10.6. The van der Waals surface area contributed by atoms with Crippen LogP contribution in [0.15, 0.2) is 35.7 Å². The highest BCUT2D eigenvalue weighted by Crippen LogP contribution is 2.68. The molecule has 188 valence electrons. The number of ether oxygens (including phenoxy) is 1. The van der Waals surface area contributed by atoms with Crippen molar-refractivity contribution in [2.75, 3.05) is 19.7 Å². The first-order valence-electron chi connectivity index (χ1n) is 12.3. The standard InChI is InChI=1S/C27H35N3O4S/c1-6-34-25(33)20(17-10-8-7-9-11-17)29-22(31)19-16-35-23(28-19)18-12-14-30(15-13-18)24(32)21-26(2,3)27(21,4)5/h7-11,16,18,20-21H,6,12-15H2,1-5H3,(H,29,31). The fourth-order valence-electron chi connectivity index (χ4n) is 5.28. The Labute approximate surface area is 211 Å². The Morgan fingerprint density at radius 3 is 2.31 bits per heavy atom. The summed E-state index contributed by atoms with van der Waals surface area (Å²) in [5.74, 6) is -0.329. The van der Waals surface area contributed by atoms with Crippen LogP contribution in [0.25, 0.3) is 0 Å². The smallest absolute Gasteiger partial charge is 0.333 e. The van der Waals surface area contributed by atoms with Gasteiger partial charge in [-0.15, -0.1) is 11.3 Å². The van der Waals surface area contributed by atoms with Gasteiger partial charge >= 0.3 is 5.97 Å². The molecule has 2 amide bonds. The molecule has 7 nitrogen and oxygen atoms in total. The van der Waals surface area contributed by atoms with Crippen molar-refractivity contribution in [2.45, 2.75) is 59.4 Å². The average Bonchev–Trinajstić information content (AvgIpc) is 3.16. The molecule has 0 radical (unpaired) electrons. The molecule has 2 fully saturated rings. The highest BCUT2D eigenvalue weighted by Gasteiger charge is 2.68. The Bertz CT molecular complexity index is 1070. The lowest BCUT2D eigenvalue weighted by Gasteiger charge is -2.31. The summed E-state index contributed by atoms with van der Waals surface area (Å²) in [7, 11) is 0. The van der Waals surface area contributed by atoms with Crippen LogP contribution in [0.2, 0.25) is 0 Å². The second kappa shape index (κ2) is 9.72. The summed E-state index contributed by atoms with van der Waals surface area (Å²) in [6.45, 7) is 12.1. The number of aromatic nitrogens is 1. The van der Waals surface area contributed by atoms with Gasteiger partial charge in [-0.1, -0.05) is 58.0 Å². The van der Waals surface area contributed by atoms with E-state index in [4.69, 9.17) is 4.74 Å². The van der Waals surface area contributed by atoms with Crippen LogP contribution in [-0.4, -0.2) is 47.4 Å². The third-order valence-electron chi connectivity index (χ3n) is 8.11. The SMILES string of the molecule is CCOC(=O)C(NC(=O)c1csc(C2CCN(C(=O)C3C(C)(C)C3(C)C)CC2)n1)c1ccccc1. The lowest BCUT2D eigenvalue weighted by molar-refractivity contribution is -0.145. The number of benzene rings is 1. The number of hydrogen-bond acceptors (Lipinski definition) is 6. The van der Waals surface area contributed by atoms with Gasteiger partial charge in [0.15, 0.2) is 6.04 Å². The van der Waals surface area contributed by atoms with Crippen LogP contribution in [0.1, 0.15) is 80.5 Å². The first kappa shape index (κ1) is 25.4. The minimum Gasteiger partial charge on any atom is -0.464 e. The number of thiazole rings is 1. The van der Waals surface area contributed by atoms with E-state index in [1.807, 2.05) is 23.1 Å². The highest BCUT2D eigenvalue weighted by molar-refractivity contribution is 7.09. The number of carbonyl (C=O) groups is 3. The number of carbonyl (C=O) groups excluding carboxylic acids is 3. The molecular formula is C27H35N3O4S. The molecule has 2 aromatic rings. The van der Waals surface area contributed by atoms with Crippen molar-refractivity contribution >= 4 is 29.1 Å². The van der Waals surface area contributed by atoms with Crippen LogP contribution in [-0.2, 0) is 14.3 Å². The maximum Gasteiger partial charge on any atom is 0.333 e. The fourth-order valence-corrected chi connectivity index (χ4v) is 6.25. The zero-order valence-electron chi connectivity index (χ0n) is 21.2. The molecule has 8 heteroatoms. The second-order valence-corrected chi connectivity index (χ2v) is 11.5. The summed E-state index contributed by atoms with van der Waals surface area (Å²) < 4.78 is 5.17. The molecule has 4 rings (SSSR count). The average molecular weight is 498 g/mol. The Morgan fingerprint density at radius 2 is 1.74 bits per heavy atom. The minimum atomic E-state index is -0.890. The molecule has 1 unspecified atom stereocenters. The molecule has 1 aliphatic carbocycles. The first-order valence-corrected chi connectivity index (χ1v) is 13.2. The van der Waals surface area contributed by atoms with Crippen molar-refractivity contribution < 1.29 is 19.1 Å². The summed E-state index contributed by atoms with van der Waals surface area (Å²) in [6.07, 6.45) is 1.67. The predicted molar refractivity (Wildman–Crippen MR) is 135 cm³/mol. The van der Waals surface area contributed by atoms with Crippen molar-refractivity contribution in [3.8, 4) is 0 Å². The quantitative estimate of drug-likeness (QED) is 0.567. The van der Waals surface area contributed by atoms with Gasteiger partial charge in [0.1, 0.15) is 5.69 Å². The van der Waals surface area contributed by atoms with E-state index in [0.717, 1.165) is 17.8 Å². The molecule has 1 aliphatic heterocycles. The summed E-state index contributed by atoms with van der Waals surface area (Å²) in [6, 6.07) is 8.17. The van der Waals surface area contributed by atoms with E-state index in [9.17, 15) is 14.4 Å². The maximum absolute atomic E-state index is 13.1. The van der Waals surface area contributed by atoms with Gasteiger partial charge < -0.3 is 15.0 Å². The number of rotatable bonds is 7. The molecule has 1 aromatic heterocycles. The van der Waals surface area contributed by atoms with Gasteiger partial charge in [0.2, 0.25) is 5.91 Å². The van der Waals surface area contributed by atoms with Gasteiger partial charge in [-0.25, -0.2) is 9.78 Å². The Hall–Kier alpha value is -2.74. The Balaban J connectivity index is 1.37. The number of nitrogens with zero attached hydrogens (tertiary/aromatic N) is 2. The van der Waals surface area contributed by atoms with Crippen molar-refractivity contribution in [1.29, 1.82) is 0 Å². The molecule has 2 aliphatic rings. The summed E-state index contributed by atoms with van der Waals surface area (Å²) in [5, 5.41) is 5.43. The highest BCUT2D eigenvalue weighted by atomic mass is 32.1. The molecule has 1 N–H and O–H groups in total. The lowest BCUT2D eigenvalue weighted by atomic mass is 9.96. The molecule has 1 aromatic carbocycles. The summed E-state index contributed by atoms with van der Waals surface area (Å²) in [5.41, 5.74) is 1.04. The van der Waals surface area contributed by atoms with Crippen LogP contribution in [0.3, 0.4) is 0 Å². The maximum atomic E-state index is 13.1. The van der Waals surface area contributed by atoms with Crippen molar-refractivity contribution in [2.24, 2.45) is 16.7 Å². The number of likely N-dealkylation sites (tertiary alicyclic amines) is 1. The van der Waals surface area contributed by atoms with Gasteiger partial charge in [0.25, 0.3) is 5.91 Å². The molecule has 0 spiro atoms. The molecule has 2 heterocycles. The third kappa shape index (κ3) is 4.85. The number of amides is 2. The molecule has 1 atom stereocenters. The van der Waals surface area contributed by atoms with E-state index in [1.165, 1.54) is 11.3 Å². The third-order valence-corrected chi connectivity index (χ3v) is 9.12. The topological polar surface area (TPSA) is 88.6 Å². The molecule has 1 saturated carbocycles. The fraction of sp³-hybridized carbons (Fsp3) is 0.556. The Morgan fingerprint density at radius 1 is 1.11 bits per heavy atom. The minimum absolute atomic E-state index is 0.0413. The van der Waals surface area contributed by atoms with Crippen molar-refractivity contribution in [3.63, 3.8) is 0 Å². The van der Waals surface area contributed by atoms with Gasteiger partial charge in [0, 0.05) is 30.3 Å². The molecule has 0 bridgehead atoms. The predicted octanol–water partition coefficient (Wildman–Crippen LogP) is 4.57. The van der Waals surface area contributed by atoms with E-state index >= 15 is 0 Å². The number of hydrogen-bond donors (Lipinski definition) is 1. The number of piperidine rings is 1. The summed E-state index contributed by atoms with van der Waals surface area (Å²) >= 11 is 1.46. The van der Waals surface area contributed by atoms with Crippen LogP contribution in [0.5, 0.6) is 0 Å². The van der Waals surface area contributed by atoms with Crippen LogP contribution in [0.4, 0.5) is 0 Å². The van der Waals surface area contributed by atoms with E-state index in [-0.39, 0.29) is 35.2 Å². The van der Waals surface area contributed by atoms with Gasteiger partial charge in [0.05, 0.1) is 11.6 Å². The zero-order chi connectivity index (χ0) is 25.4. The lowest BCUT2D eigenvalue weighted by Crippen LogP contribution is -2.40. The van der Waals surface area contributed by atoms with Crippen LogP contribution in [0, 0.1) is 16.7 Å². The largest absolute Gasteiger partial charge is 0.464 e. The Kier molecular flexibility index (Phi) is 7.04. The molecule has 35 heavy (non-hydrogen) atoms. The van der Waals surface area contributed by atoms with Gasteiger partial charge in [-0.2, -0.15) is 0 Å². The van der Waals surface area contributed by atoms with Crippen molar-refractivity contribution in [3.05, 3.63) is 52.0 Å². The van der Waals surface area contributed by atoms with Gasteiger partial charge in [-0.3, -0.25) is 9.59 Å². The number of esters is 1. The molecular weight excluding hydrogens is 462 g/mol.